The molecule has 1 aliphatic rings. The number of nitrogens with one attached hydrogen (secondary N) is 1. The fourth-order valence-corrected chi connectivity index (χ4v) is 3.07. The Morgan fingerprint density at radius 3 is 2.76 bits per heavy atom. The smallest absolute Gasteiger partial charge is 0.159 e. The van der Waals surface area contributed by atoms with Gasteiger partial charge in [0.1, 0.15) is 6.54 Å². The van der Waals surface area contributed by atoms with Crippen LogP contribution in [0.3, 0.4) is 0 Å². The SMILES string of the molecule is CNCc1nnc2n1-c1ccc(C#N)cc1C(c1ccccc1)=NC2. The number of nitrogens with zero attached hydrogens (tertiary/aromatic N) is 5. The van der Waals surface area contributed by atoms with Gasteiger partial charge < -0.3 is 5.32 Å². The van der Waals surface area contributed by atoms with Gasteiger partial charge in [0.05, 0.1) is 29.6 Å². The van der Waals surface area contributed by atoms with E-state index in [4.69, 9.17) is 4.99 Å². The molecule has 6 nitrogen and oxygen atoms in total. The summed E-state index contributed by atoms with van der Waals surface area (Å²) in [6.45, 7) is 1.05. The number of nitriles is 1. The van der Waals surface area contributed by atoms with E-state index in [1.165, 1.54) is 0 Å². The summed E-state index contributed by atoms with van der Waals surface area (Å²) >= 11 is 0. The van der Waals surface area contributed by atoms with E-state index in [9.17, 15) is 5.26 Å². The lowest BCUT2D eigenvalue weighted by Crippen LogP contribution is -2.14. The molecule has 1 aromatic heterocycles. The fourth-order valence-electron chi connectivity index (χ4n) is 3.07. The first-order valence-corrected chi connectivity index (χ1v) is 8.04. The van der Waals surface area contributed by atoms with Crippen molar-refractivity contribution in [1.82, 2.24) is 20.1 Å². The van der Waals surface area contributed by atoms with Crippen LogP contribution in [0.5, 0.6) is 0 Å². The molecule has 0 radical (unpaired) electrons. The lowest BCUT2D eigenvalue weighted by Gasteiger charge is -2.13. The summed E-state index contributed by atoms with van der Waals surface area (Å²) in [5, 5.41) is 21.0. The fraction of sp³-hybridized carbons (Fsp3) is 0.158. The molecule has 122 valence electrons. The van der Waals surface area contributed by atoms with Crippen molar-refractivity contribution >= 4 is 5.71 Å². The van der Waals surface area contributed by atoms with Gasteiger partial charge in [-0.05, 0) is 25.2 Å². The number of hydrogen-bond acceptors (Lipinski definition) is 5. The van der Waals surface area contributed by atoms with Gasteiger partial charge in [-0.2, -0.15) is 5.26 Å². The summed E-state index contributed by atoms with van der Waals surface area (Å²) in [7, 11) is 1.88. The third kappa shape index (κ3) is 2.61. The first kappa shape index (κ1) is 15.2. The van der Waals surface area contributed by atoms with Crippen molar-refractivity contribution < 1.29 is 0 Å². The number of rotatable bonds is 3. The molecule has 25 heavy (non-hydrogen) atoms. The standard InChI is InChI=1S/C19H16N6/c1-21-11-17-23-24-18-12-22-19(14-5-3-2-4-6-14)15-9-13(10-20)7-8-16(15)25(17)18/h2-9,21H,11-12H2,1H3. The summed E-state index contributed by atoms with van der Waals surface area (Å²) in [4.78, 5) is 4.79. The second-order valence-corrected chi connectivity index (χ2v) is 5.77. The molecule has 0 amide bonds. The molecular weight excluding hydrogens is 312 g/mol. The Morgan fingerprint density at radius 2 is 2.00 bits per heavy atom. The molecular formula is C19H16N6. The number of aliphatic imine (C=N–C) groups is 1. The van der Waals surface area contributed by atoms with E-state index < -0.39 is 0 Å². The Bertz CT molecular complexity index is 994. The third-order valence-corrected chi connectivity index (χ3v) is 4.18. The van der Waals surface area contributed by atoms with Crippen molar-refractivity contribution in [2.45, 2.75) is 13.1 Å². The summed E-state index contributed by atoms with van der Waals surface area (Å²) in [6.07, 6.45) is 0. The molecule has 3 aromatic rings. The minimum absolute atomic E-state index is 0.442. The highest BCUT2D eigenvalue weighted by Crippen LogP contribution is 2.26. The molecule has 0 saturated heterocycles. The maximum absolute atomic E-state index is 9.33. The molecule has 0 saturated carbocycles. The van der Waals surface area contributed by atoms with Crippen LogP contribution in [-0.2, 0) is 13.1 Å². The second kappa shape index (κ2) is 6.30. The first-order chi connectivity index (χ1) is 12.3. The van der Waals surface area contributed by atoms with Crippen LogP contribution >= 0.6 is 0 Å². The molecule has 1 N–H and O–H groups in total. The van der Waals surface area contributed by atoms with Crippen molar-refractivity contribution in [3.63, 3.8) is 0 Å². The lowest BCUT2D eigenvalue weighted by molar-refractivity contribution is 0.731. The van der Waals surface area contributed by atoms with Gasteiger partial charge >= 0.3 is 0 Å². The van der Waals surface area contributed by atoms with Crippen LogP contribution in [0.2, 0.25) is 0 Å². The molecule has 0 bridgehead atoms. The highest BCUT2D eigenvalue weighted by Gasteiger charge is 2.22. The van der Waals surface area contributed by atoms with E-state index in [-0.39, 0.29) is 0 Å². The van der Waals surface area contributed by atoms with Gasteiger partial charge in [0.2, 0.25) is 0 Å². The zero-order valence-corrected chi connectivity index (χ0v) is 13.8. The molecule has 0 unspecified atom stereocenters. The van der Waals surface area contributed by atoms with Crippen LogP contribution in [0.1, 0.15) is 28.3 Å². The molecule has 0 aliphatic carbocycles. The van der Waals surface area contributed by atoms with E-state index in [0.717, 1.165) is 34.2 Å². The highest BCUT2D eigenvalue weighted by molar-refractivity contribution is 6.15. The van der Waals surface area contributed by atoms with Gasteiger partial charge in [-0.25, -0.2) is 0 Å². The van der Waals surface area contributed by atoms with E-state index in [1.54, 1.807) is 0 Å². The van der Waals surface area contributed by atoms with Crippen LogP contribution in [-0.4, -0.2) is 27.5 Å². The number of fused-ring (bicyclic) bond motifs is 3. The van der Waals surface area contributed by atoms with Gasteiger partial charge in [0.25, 0.3) is 0 Å². The molecule has 0 spiro atoms. The molecule has 6 heteroatoms. The van der Waals surface area contributed by atoms with Crippen LogP contribution < -0.4 is 5.32 Å². The van der Waals surface area contributed by atoms with Crippen LogP contribution in [0.15, 0.2) is 53.5 Å². The van der Waals surface area contributed by atoms with Crippen molar-refractivity contribution in [3.05, 3.63) is 76.9 Å². The third-order valence-electron chi connectivity index (χ3n) is 4.18. The van der Waals surface area contributed by atoms with Crippen LogP contribution in [0.4, 0.5) is 0 Å². The Labute approximate surface area is 145 Å². The van der Waals surface area contributed by atoms with E-state index in [2.05, 4.69) is 21.6 Å². The minimum Gasteiger partial charge on any atom is -0.313 e. The predicted molar refractivity (Wildman–Crippen MR) is 94.6 cm³/mol. The maximum Gasteiger partial charge on any atom is 0.159 e. The molecule has 0 atom stereocenters. The zero-order chi connectivity index (χ0) is 17.2. The van der Waals surface area contributed by atoms with Gasteiger partial charge in [-0.3, -0.25) is 9.56 Å². The van der Waals surface area contributed by atoms with Crippen molar-refractivity contribution in [3.8, 4) is 11.8 Å². The average molecular weight is 328 g/mol. The highest BCUT2D eigenvalue weighted by atomic mass is 15.3. The Kier molecular flexibility index (Phi) is 3.84. The quantitative estimate of drug-likeness (QED) is 0.799. The maximum atomic E-state index is 9.33. The number of hydrogen-bond donors (Lipinski definition) is 1. The van der Waals surface area contributed by atoms with Crippen LogP contribution in [0, 0.1) is 11.3 Å². The van der Waals surface area contributed by atoms with Gasteiger partial charge in [-0.15, -0.1) is 10.2 Å². The summed E-state index contributed by atoms with van der Waals surface area (Å²) < 4.78 is 2.03. The van der Waals surface area contributed by atoms with Gasteiger partial charge in [0.15, 0.2) is 11.6 Å². The van der Waals surface area contributed by atoms with Gasteiger partial charge in [-0.1, -0.05) is 30.3 Å². The first-order valence-electron chi connectivity index (χ1n) is 8.04. The van der Waals surface area contributed by atoms with E-state index >= 15 is 0 Å². The molecule has 2 heterocycles. The Morgan fingerprint density at radius 1 is 1.16 bits per heavy atom. The van der Waals surface area contributed by atoms with Crippen molar-refractivity contribution in [2.24, 2.45) is 4.99 Å². The summed E-state index contributed by atoms with van der Waals surface area (Å²) in [6, 6.07) is 17.9. The monoisotopic (exact) mass is 328 g/mol. The second-order valence-electron chi connectivity index (χ2n) is 5.77. The molecule has 1 aliphatic heterocycles. The van der Waals surface area contributed by atoms with Gasteiger partial charge in [0, 0.05) is 11.1 Å². The Balaban J connectivity index is 1.98. The normalized spacial score (nSPS) is 12.6. The predicted octanol–water partition coefficient (Wildman–Crippen LogP) is 2.21. The molecule has 4 rings (SSSR count). The molecule has 2 aromatic carbocycles. The topological polar surface area (TPSA) is 78.9 Å². The number of aromatic nitrogens is 3. The van der Waals surface area contributed by atoms with Crippen LogP contribution in [0.25, 0.3) is 5.69 Å². The largest absolute Gasteiger partial charge is 0.313 e. The van der Waals surface area contributed by atoms with E-state index in [0.29, 0.717) is 18.7 Å². The lowest BCUT2D eigenvalue weighted by atomic mass is 9.98. The van der Waals surface area contributed by atoms with Crippen molar-refractivity contribution in [1.29, 1.82) is 5.26 Å². The van der Waals surface area contributed by atoms with Crippen molar-refractivity contribution in [2.75, 3.05) is 7.05 Å². The minimum atomic E-state index is 0.442. The number of benzene rings is 2. The summed E-state index contributed by atoms with van der Waals surface area (Å²) in [5.41, 5.74) is 4.36. The summed E-state index contributed by atoms with van der Waals surface area (Å²) in [5.74, 6) is 1.62. The Hall–Kier alpha value is -3.30. The zero-order valence-electron chi connectivity index (χ0n) is 13.8. The average Bonchev–Trinajstić information content (AvgIpc) is 2.97. The molecule has 0 fully saturated rings. The van der Waals surface area contributed by atoms with E-state index in [1.807, 2.05) is 60.1 Å².